The van der Waals surface area contributed by atoms with E-state index in [2.05, 4.69) is 16.5 Å². The van der Waals surface area contributed by atoms with Crippen LogP contribution in [0, 0.1) is 13.8 Å². The molecule has 2 amide bonds. The number of piperazine rings is 1. The SMILES string of the molecule is C=CCOC(=O)c1c(C)nc(C)nc1C(=O)N1CCN(C(=O)c2ccccc2Cl)C(C)C1. The smallest absolute Gasteiger partial charge is 0.342 e. The molecule has 2 aromatic rings. The third-order valence-electron chi connectivity index (χ3n) is 5.22. The third kappa shape index (κ3) is 4.80. The Morgan fingerprint density at radius 1 is 1.19 bits per heavy atom. The quantitative estimate of drug-likeness (QED) is 0.507. The molecule has 1 aromatic carbocycles. The number of esters is 1. The van der Waals surface area contributed by atoms with Crippen molar-refractivity contribution >= 4 is 29.4 Å². The van der Waals surface area contributed by atoms with Gasteiger partial charge in [-0.25, -0.2) is 14.8 Å². The molecule has 8 nitrogen and oxygen atoms in total. The first-order valence-corrected chi connectivity index (χ1v) is 10.6. The van der Waals surface area contributed by atoms with Crippen LogP contribution < -0.4 is 0 Å². The molecule has 32 heavy (non-hydrogen) atoms. The number of aromatic nitrogens is 2. The van der Waals surface area contributed by atoms with Gasteiger partial charge in [0.25, 0.3) is 11.8 Å². The van der Waals surface area contributed by atoms with E-state index < -0.39 is 11.9 Å². The molecule has 1 aliphatic rings. The molecule has 0 aliphatic carbocycles. The summed E-state index contributed by atoms with van der Waals surface area (Å²) in [5.74, 6) is -0.878. The average molecular weight is 457 g/mol. The molecule has 1 aromatic heterocycles. The molecule has 0 bridgehead atoms. The van der Waals surface area contributed by atoms with Gasteiger partial charge in [-0.05, 0) is 32.9 Å². The molecule has 9 heteroatoms. The van der Waals surface area contributed by atoms with Crippen molar-refractivity contribution in [3.05, 3.63) is 70.3 Å². The fraction of sp³-hybridized carbons (Fsp3) is 0.348. The molecule has 1 atom stereocenters. The van der Waals surface area contributed by atoms with Crippen LogP contribution in [0.25, 0.3) is 0 Å². The summed E-state index contributed by atoms with van der Waals surface area (Å²) in [6.45, 7) is 9.61. The molecule has 0 radical (unpaired) electrons. The first-order chi connectivity index (χ1) is 15.2. The van der Waals surface area contributed by atoms with Crippen LogP contribution in [0.15, 0.2) is 36.9 Å². The van der Waals surface area contributed by atoms with Crippen LogP contribution in [-0.2, 0) is 4.74 Å². The summed E-state index contributed by atoms with van der Waals surface area (Å²) in [4.78, 5) is 50.6. The lowest BCUT2D eigenvalue weighted by molar-refractivity contribution is 0.0407. The second kappa shape index (κ2) is 9.91. The predicted octanol–water partition coefficient (Wildman–Crippen LogP) is 3.08. The van der Waals surface area contributed by atoms with E-state index in [0.29, 0.717) is 35.2 Å². The van der Waals surface area contributed by atoms with Crippen LogP contribution in [0.4, 0.5) is 0 Å². The Morgan fingerprint density at radius 2 is 1.91 bits per heavy atom. The van der Waals surface area contributed by atoms with E-state index in [4.69, 9.17) is 16.3 Å². The van der Waals surface area contributed by atoms with Crippen molar-refractivity contribution in [1.29, 1.82) is 0 Å². The van der Waals surface area contributed by atoms with Gasteiger partial charge in [0.05, 0.1) is 16.3 Å². The minimum atomic E-state index is -0.675. The number of halogens is 1. The number of ether oxygens (including phenoxy) is 1. The van der Waals surface area contributed by atoms with Crippen molar-refractivity contribution in [3.63, 3.8) is 0 Å². The monoisotopic (exact) mass is 456 g/mol. The Labute approximate surface area is 191 Å². The number of hydrogen-bond donors (Lipinski definition) is 0. The van der Waals surface area contributed by atoms with Gasteiger partial charge in [0.1, 0.15) is 23.7 Å². The number of carbonyl (C=O) groups is 3. The first-order valence-electron chi connectivity index (χ1n) is 10.2. The molecular weight excluding hydrogens is 432 g/mol. The third-order valence-corrected chi connectivity index (χ3v) is 5.55. The maximum absolute atomic E-state index is 13.3. The van der Waals surface area contributed by atoms with E-state index >= 15 is 0 Å². The van der Waals surface area contributed by atoms with Crippen LogP contribution in [-0.4, -0.2) is 69.8 Å². The standard InChI is InChI=1S/C23H25ClN4O4/c1-5-12-32-23(31)19-15(3)25-16(4)26-20(19)22(30)27-10-11-28(14(2)13-27)21(29)17-8-6-7-9-18(17)24/h5-9,14H,1,10-13H2,2-4H3. The average Bonchev–Trinajstić information content (AvgIpc) is 2.76. The molecule has 2 heterocycles. The molecule has 3 rings (SSSR count). The lowest BCUT2D eigenvalue weighted by atomic mass is 10.1. The Balaban J connectivity index is 1.82. The van der Waals surface area contributed by atoms with Gasteiger partial charge in [0, 0.05) is 25.7 Å². The topological polar surface area (TPSA) is 92.7 Å². The van der Waals surface area contributed by atoms with Gasteiger partial charge in [-0.15, -0.1) is 0 Å². The van der Waals surface area contributed by atoms with Crippen molar-refractivity contribution in [3.8, 4) is 0 Å². The summed E-state index contributed by atoms with van der Waals surface area (Å²) in [7, 11) is 0. The van der Waals surface area contributed by atoms with Gasteiger partial charge in [-0.3, -0.25) is 9.59 Å². The van der Waals surface area contributed by atoms with E-state index in [1.807, 2.05) is 6.92 Å². The van der Waals surface area contributed by atoms with Crippen LogP contribution in [0.5, 0.6) is 0 Å². The zero-order valence-corrected chi connectivity index (χ0v) is 19.1. The fourth-order valence-electron chi connectivity index (χ4n) is 3.70. The second-order valence-corrected chi connectivity index (χ2v) is 7.95. The normalized spacial score (nSPS) is 15.9. The molecule has 1 saturated heterocycles. The van der Waals surface area contributed by atoms with Gasteiger partial charge < -0.3 is 14.5 Å². The first kappa shape index (κ1) is 23.4. The maximum atomic E-state index is 13.3. The highest BCUT2D eigenvalue weighted by Crippen LogP contribution is 2.22. The molecular formula is C23H25ClN4O4. The number of carbonyl (C=O) groups excluding carboxylic acids is 3. The van der Waals surface area contributed by atoms with Gasteiger partial charge in [0.15, 0.2) is 0 Å². The number of nitrogens with zero attached hydrogens (tertiary/aromatic N) is 4. The van der Waals surface area contributed by atoms with Crippen molar-refractivity contribution in [2.45, 2.75) is 26.8 Å². The molecule has 168 valence electrons. The highest BCUT2D eigenvalue weighted by atomic mass is 35.5. The largest absolute Gasteiger partial charge is 0.458 e. The molecule has 1 fully saturated rings. The number of hydrogen-bond acceptors (Lipinski definition) is 6. The molecule has 0 N–H and O–H groups in total. The number of benzene rings is 1. The van der Waals surface area contributed by atoms with Crippen LogP contribution in [0.3, 0.4) is 0 Å². The van der Waals surface area contributed by atoms with E-state index in [9.17, 15) is 14.4 Å². The zero-order chi connectivity index (χ0) is 23.4. The molecule has 1 unspecified atom stereocenters. The highest BCUT2D eigenvalue weighted by molar-refractivity contribution is 6.33. The van der Waals surface area contributed by atoms with Gasteiger partial charge in [0.2, 0.25) is 0 Å². The van der Waals surface area contributed by atoms with Crippen molar-refractivity contribution in [2.75, 3.05) is 26.2 Å². The van der Waals surface area contributed by atoms with Gasteiger partial charge in [-0.1, -0.05) is 36.4 Å². The van der Waals surface area contributed by atoms with Crippen molar-refractivity contribution in [1.82, 2.24) is 19.8 Å². The highest BCUT2D eigenvalue weighted by Gasteiger charge is 2.34. The number of rotatable bonds is 5. The van der Waals surface area contributed by atoms with E-state index in [-0.39, 0.29) is 36.4 Å². The summed E-state index contributed by atoms with van der Waals surface area (Å²) in [5.41, 5.74) is 0.845. The Hall–Kier alpha value is -3.26. The minimum Gasteiger partial charge on any atom is -0.458 e. The molecule has 0 spiro atoms. The Bertz CT molecular complexity index is 1070. The Morgan fingerprint density at radius 3 is 2.56 bits per heavy atom. The van der Waals surface area contributed by atoms with Crippen LogP contribution >= 0.6 is 11.6 Å². The fourth-order valence-corrected chi connectivity index (χ4v) is 3.92. The maximum Gasteiger partial charge on any atom is 0.342 e. The summed E-state index contributed by atoms with van der Waals surface area (Å²) in [6, 6.07) is 6.63. The number of amides is 2. The predicted molar refractivity (Wildman–Crippen MR) is 120 cm³/mol. The Kier molecular flexibility index (Phi) is 7.25. The van der Waals surface area contributed by atoms with Crippen LogP contribution in [0.2, 0.25) is 5.02 Å². The summed E-state index contributed by atoms with van der Waals surface area (Å²) in [5, 5.41) is 0.387. The van der Waals surface area contributed by atoms with E-state index in [0.717, 1.165) is 0 Å². The van der Waals surface area contributed by atoms with Crippen LogP contribution in [0.1, 0.15) is 49.6 Å². The lowest BCUT2D eigenvalue weighted by Gasteiger charge is -2.40. The summed E-state index contributed by atoms with van der Waals surface area (Å²) in [6.07, 6.45) is 1.45. The number of aryl methyl sites for hydroxylation is 2. The van der Waals surface area contributed by atoms with E-state index in [1.165, 1.54) is 6.08 Å². The lowest BCUT2D eigenvalue weighted by Crippen LogP contribution is -2.55. The second-order valence-electron chi connectivity index (χ2n) is 7.55. The van der Waals surface area contributed by atoms with Crippen molar-refractivity contribution in [2.24, 2.45) is 0 Å². The van der Waals surface area contributed by atoms with Gasteiger partial charge >= 0.3 is 5.97 Å². The zero-order valence-electron chi connectivity index (χ0n) is 18.3. The molecule has 0 saturated carbocycles. The summed E-state index contributed by atoms with van der Waals surface area (Å²) < 4.78 is 5.13. The molecule has 1 aliphatic heterocycles. The van der Waals surface area contributed by atoms with Crippen molar-refractivity contribution < 1.29 is 19.1 Å². The van der Waals surface area contributed by atoms with Gasteiger partial charge in [-0.2, -0.15) is 0 Å². The van der Waals surface area contributed by atoms with E-state index in [1.54, 1.807) is 47.9 Å². The minimum absolute atomic E-state index is 0.00198. The summed E-state index contributed by atoms with van der Waals surface area (Å²) >= 11 is 6.18.